The fourth-order valence-corrected chi connectivity index (χ4v) is 4.35. The molecule has 2 aromatic carbocycles. The van der Waals surface area contributed by atoms with Crippen molar-refractivity contribution in [3.05, 3.63) is 77.9 Å². The maximum absolute atomic E-state index is 13.1. The molecule has 0 aliphatic carbocycles. The largest absolute Gasteiger partial charge is 0.363 e. The van der Waals surface area contributed by atoms with Crippen molar-refractivity contribution < 1.29 is 13.2 Å². The van der Waals surface area contributed by atoms with Crippen molar-refractivity contribution >= 4 is 10.0 Å². The number of morpholine rings is 1. The van der Waals surface area contributed by atoms with Gasteiger partial charge < -0.3 is 4.74 Å². The van der Waals surface area contributed by atoms with Crippen molar-refractivity contribution in [2.24, 2.45) is 0 Å². The summed E-state index contributed by atoms with van der Waals surface area (Å²) < 4.78 is 33.8. The molecule has 2 aromatic rings. The molecular formula is C20H23NO3S. The number of hydrogen-bond donors (Lipinski definition) is 0. The molecular weight excluding hydrogens is 334 g/mol. The number of aryl methyl sites for hydroxylation is 1. The summed E-state index contributed by atoms with van der Waals surface area (Å²) in [5, 5.41) is 0. The van der Waals surface area contributed by atoms with Gasteiger partial charge in [0.1, 0.15) is 0 Å². The number of sulfonamides is 1. The highest BCUT2D eigenvalue weighted by atomic mass is 32.2. The molecule has 0 aromatic heterocycles. The predicted octanol–water partition coefficient (Wildman–Crippen LogP) is 3.70. The Morgan fingerprint density at radius 1 is 1.08 bits per heavy atom. The number of benzene rings is 2. The Kier molecular flexibility index (Phi) is 5.08. The van der Waals surface area contributed by atoms with E-state index in [0.29, 0.717) is 11.4 Å². The molecule has 0 radical (unpaired) electrons. The third kappa shape index (κ3) is 3.84. The fraction of sp³-hybridized carbons (Fsp3) is 0.300. The van der Waals surface area contributed by atoms with Gasteiger partial charge in [0.15, 0.2) is 0 Å². The molecule has 0 amide bonds. The Morgan fingerprint density at radius 2 is 1.72 bits per heavy atom. The van der Waals surface area contributed by atoms with Gasteiger partial charge in [-0.3, -0.25) is 0 Å². The van der Waals surface area contributed by atoms with Crippen LogP contribution >= 0.6 is 0 Å². The van der Waals surface area contributed by atoms with Crippen molar-refractivity contribution in [3.63, 3.8) is 0 Å². The van der Waals surface area contributed by atoms with Crippen LogP contribution in [-0.4, -0.2) is 31.9 Å². The molecule has 1 heterocycles. The summed E-state index contributed by atoms with van der Waals surface area (Å²) in [6.45, 7) is 8.35. The van der Waals surface area contributed by atoms with Crippen LogP contribution < -0.4 is 0 Å². The van der Waals surface area contributed by atoms with Gasteiger partial charge in [-0.25, -0.2) is 8.42 Å². The normalized spacial score (nSPS) is 21.8. The van der Waals surface area contributed by atoms with E-state index >= 15 is 0 Å². The average Bonchev–Trinajstić information content (AvgIpc) is 2.62. The number of ether oxygens (including phenoxy) is 1. The topological polar surface area (TPSA) is 46.6 Å². The van der Waals surface area contributed by atoms with E-state index in [1.807, 2.05) is 56.3 Å². The first-order chi connectivity index (χ1) is 11.9. The van der Waals surface area contributed by atoms with Crippen molar-refractivity contribution in [3.8, 4) is 0 Å². The number of hydrogen-bond acceptors (Lipinski definition) is 3. The first kappa shape index (κ1) is 17.9. The summed E-state index contributed by atoms with van der Waals surface area (Å²) in [7, 11) is -3.57. The van der Waals surface area contributed by atoms with E-state index in [4.69, 9.17) is 4.74 Å². The first-order valence-electron chi connectivity index (χ1n) is 8.30. The molecule has 25 heavy (non-hydrogen) atoms. The van der Waals surface area contributed by atoms with E-state index in [1.165, 1.54) is 4.31 Å². The maximum atomic E-state index is 13.1. The molecule has 132 valence electrons. The molecule has 0 spiro atoms. The number of rotatable bonds is 4. The Morgan fingerprint density at radius 3 is 2.32 bits per heavy atom. The van der Waals surface area contributed by atoms with Gasteiger partial charge in [0.05, 0.1) is 17.1 Å². The summed E-state index contributed by atoms with van der Waals surface area (Å²) in [4.78, 5) is 0.312. The van der Waals surface area contributed by atoms with E-state index in [2.05, 4.69) is 6.58 Å². The molecule has 2 atom stereocenters. The second-order valence-electron chi connectivity index (χ2n) is 6.51. The van der Waals surface area contributed by atoms with Gasteiger partial charge in [-0.15, -0.1) is 0 Å². The Bertz CT molecular complexity index is 844. The van der Waals surface area contributed by atoms with Crippen LogP contribution in [0.4, 0.5) is 0 Å². The first-order valence-corrected chi connectivity index (χ1v) is 9.74. The Hall–Kier alpha value is -1.95. The van der Waals surface area contributed by atoms with Gasteiger partial charge in [0, 0.05) is 13.1 Å². The van der Waals surface area contributed by atoms with Crippen LogP contribution in [0.3, 0.4) is 0 Å². The average molecular weight is 357 g/mol. The van der Waals surface area contributed by atoms with Crippen LogP contribution in [0.5, 0.6) is 0 Å². The lowest BCUT2D eigenvalue weighted by atomic mass is 10.1. The molecule has 0 bridgehead atoms. The highest BCUT2D eigenvalue weighted by Crippen LogP contribution is 2.31. The Balaban J connectivity index is 1.93. The van der Waals surface area contributed by atoms with Crippen molar-refractivity contribution in [1.82, 2.24) is 4.31 Å². The van der Waals surface area contributed by atoms with Gasteiger partial charge in [-0.2, -0.15) is 4.31 Å². The second-order valence-corrected chi connectivity index (χ2v) is 8.44. The van der Waals surface area contributed by atoms with Gasteiger partial charge >= 0.3 is 0 Å². The van der Waals surface area contributed by atoms with Crippen LogP contribution in [0.15, 0.2) is 71.6 Å². The van der Waals surface area contributed by atoms with Gasteiger partial charge in [-0.05, 0) is 31.5 Å². The van der Waals surface area contributed by atoms with Gasteiger partial charge in [0.25, 0.3) is 0 Å². The molecule has 4 nitrogen and oxygen atoms in total. The molecule has 0 saturated carbocycles. The summed E-state index contributed by atoms with van der Waals surface area (Å²) in [5.74, 6) is 0. The van der Waals surface area contributed by atoms with Crippen LogP contribution in [0.1, 0.15) is 24.2 Å². The highest BCUT2D eigenvalue weighted by Gasteiger charge is 2.36. The summed E-state index contributed by atoms with van der Waals surface area (Å²) in [5.41, 5.74) is 2.82. The SMILES string of the molecule is C=C(C)[C@@H]1CN(S(=O)(=O)c2ccc(C)cc2)C[C@H](c2ccccc2)O1. The van der Waals surface area contributed by atoms with Crippen molar-refractivity contribution in [1.29, 1.82) is 0 Å². The molecule has 0 N–H and O–H groups in total. The fourth-order valence-electron chi connectivity index (χ4n) is 2.91. The predicted molar refractivity (Wildman–Crippen MR) is 98.8 cm³/mol. The maximum Gasteiger partial charge on any atom is 0.243 e. The van der Waals surface area contributed by atoms with E-state index in [9.17, 15) is 8.42 Å². The van der Waals surface area contributed by atoms with Crippen LogP contribution in [-0.2, 0) is 14.8 Å². The molecule has 0 unspecified atom stereocenters. The minimum absolute atomic E-state index is 0.287. The van der Waals surface area contributed by atoms with E-state index in [0.717, 1.165) is 16.7 Å². The molecule has 1 aliphatic heterocycles. The van der Waals surface area contributed by atoms with E-state index < -0.39 is 10.0 Å². The second kappa shape index (κ2) is 7.12. The molecule has 1 saturated heterocycles. The standard InChI is InChI=1S/C20H23NO3S/c1-15(2)19-13-21(14-20(24-19)17-7-5-4-6-8-17)25(22,23)18-11-9-16(3)10-12-18/h4-12,19-20H,1,13-14H2,2-3H3/t19-,20+/m0/s1. The molecule has 3 rings (SSSR count). The molecule has 5 heteroatoms. The zero-order valence-electron chi connectivity index (χ0n) is 14.6. The smallest absolute Gasteiger partial charge is 0.243 e. The van der Waals surface area contributed by atoms with Crippen molar-refractivity contribution in [2.75, 3.05) is 13.1 Å². The highest BCUT2D eigenvalue weighted by molar-refractivity contribution is 7.89. The van der Waals surface area contributed by atoms with Crippen LogP contribution in [0.25, 0.3) is 0 Å². The monoisotopic (exact) mass is 357 g/mol. The van der Waals surface area contributed by atoms with Gasteiger partial charge in [-0.1, -0.05) is 60.2 Å². The summed E-state index contributed by atoms with van der Waals surface area (Å²) >= 11 is 0. The summed E-state index contributed by atoms with van der Waals surface area (Å²) in [6, 6.07) is 16.7. The molecule has 1 fully saturated rings. The lowest BCUT2D eigenvalue weighted by molar-refractivity contribution is -0.0469. The third-order valence-corrected chi connectivity index (χ3v) is 6.29. The van der Waals surface area contributed by atoms with Crippen LogP contribution in [0.2, 0.25) is 0 Å². The summed E-state index contributed by atoms with van der Waals surface area (Å²) in [6.07, 6.45) is -0.629. The minimum Gasteiger partial charge on any atom is -0.363 e. The quantitative estimate of drug-likeness (QED) is 0.784. The number of nitrogens with zero attached hydrogens (tertiary/aromatic N) is 1. The molecule has 1 aliphatic rings. The minimum atomic E-state index is -3.57. The lowest BCUT2D eigenvalue weighted by Gasteiger charge is -2.38. The third-order valence-electron chi connectivity index (χ3n) is 4.45. The van der Waals surface area contributed by atoms with Crippen LogP contribution in [0, 0.1) is 6.92 Å². The van der Waals surface area contributed by atoms with Gasteiger partial charge in [0.2, 0.25) is 10.0 Å². The van der Waals surface area contributed by atoms with Crippen molar-refractivity contribution in [2.45, 2.75) is 31.0 Å². The lowest BCUT2D eigenvalue weighted by Crippen LogP contribution is -2.47. The van der Waals surface area contributed by atoms with E-state index in [-0.39, 0.29) is 18.8 Å². The van der Waals surface area contributed by atoms with E-state index in [1.54, 1.807) is 12.1 Å². The Labute approximate surface area is 149 Å². The zero-order chi connectivity index (χ0) is 18.0. The zero-order valence-corrected chi connectivity index (χ0v) is 15.4.